The zero-order chi connectivity index (χ0) is 10.5. The molecule has 2 atom stereocenters. The van der Waals surface area contributed by atoms with Crippen molar-refractivity contribution in [2.24, 2.45) is 5.92 Å². The third kappa shape index (κ3) is 3.77. The topological polar surface area (TPSA) is 46.5 Å². The van der Waals surface area contributed by atoms with Gasteiger partial charge in [0.1, 0.15) is 0 Å². The molecule has 0 rings (SSSR count). The molecule has 0 aromatic rings. The van der Waals surface area contributed by atoms with E-state index in [0.717, 1.165) is 12.8 Å². The van der Waals surface area contributed by atoms with E-state index in [1.54, 1.807) is 13.8 Å². The SMILES string of the molecule is CCCCC(C)(O)C(C)C(=O)OC. The molecule has 0 aromatic carbocycles. The van der Waals surface area contributed by atoms with E-state index in [4.69, 9.17) is 0 Å². The molecule has 2 unspecified atom stereocenters. The predicted molar refractivity (Wildman–Crippen MR) is 51.3 cm³/mol. The molecule has 0 aliphatic carbocycles. The van der Waals surface area contributed by atoms with Gasteiger partial charge >= 0.3 is 5.97 Å². The van der Waals surface area contributed by atoms with Crippen molar-refractivity contribution in [2.75, 3.05) is 7.11 Å². The number of ether oxygens (including phenoxy) is 1. The minimum Gasteiger partial charge on any atom is -0.469 e. The molecule has 0 aliphatic rings. The summed E-state index contributed by atoms with van der Waals surface area (Å²) in [6.07, 6.45) is 2.58. The number of hydrogen-bond donors (Lipinski definition) is 1. The number of carbonyl (C=O) groups excluding carboxylic acids is 1. The standard InChI is InChI=1S/C10H20O3/c1-5-6-7-10(3,12)8(2)9(11)13-4/h8,12H,5-7H2,1-4H3. The minimum atomic E-state index is -0.941. The zero-order valence-corrected chi connectivity index (χ0v) is 8.96. The third-order valence-corrected chi connectivity index (χ3v) is 2.52. The number of esters is 1. The number of hydrogen-bond acceptors (Lipinski definition) is 3. The van der Waals surface area contributed by atoms with Gasteiger partial charge in [-0.25, -0.2) is 0 Å². The van der Waals surface area contributed by atoms with Gasteiger partial charge in [0.05, 0.1) is 18.6 Å². The fourth-order valence-corrected chi connectivity index (χ4v) is 1.18. The zero-order valence-electron chi connectivity index (χ0n) is 8.96. The van der Waals surface area contributed by atoms with E-state index in [1.165, 1.54) is 7.11 Å². The van der Waals surface area contributed by atoms with Crippen LogP contribution in [-0.2, 0) is 9.53 Å². The highest BCUT2D eigenvalue weighted by molar-refractivity contribution is 5.73. The Labute approximate surface area is 80.1 Å². The highest BCUT2D eigenvalue weighted by Crippen LogP contribution is 2.24. The first kappa shape index (κ1) is 12.4. The fraction of sp³-hybridized carbons (Fsp3) is 0.900. The molecular formula is C10H20O3. The number of carbonyl (C=O) groups is 1. The maximum absolute atomic E-state index is 11.1. The van der Waals surface area contributed by atoms with E-state index in [9.17, 15) is 9.90 Å². The van der Waals surface area contributed by atoms with Gasteiger partial charge in [0.25, 0.3) is 0 Å². The van der Waals surface area contributed by atoms with Gasteiger partial charge in [-0.1, -0.05) is 19.8 Å². The van der Waals surface area contributed by atoms with E-state index in [2.05, 4.69) is 11.7 Å². The van der Waals surface area contributed by atoms with Crippen LogP contribution in [0.15, 0.2) is 0 Å². The van der Waals surface area contributed by atoms with E-state index >= 15 is 0 Å². The second-order valence-corrected chi connectivity index (χ2v) is 3.71. The Morgan fingerprint density at radius 1 is 1.62 bits per heavy atom. The highest BCUT2D eigenvalue weighted by atomic mass is 16.5. The van der Waals surface area contributed by atoms with Gasteiger partial charge < -0.3 is 9.84 Å². The van der Waals surface area contributed by atoms with Gasteiger partial charge in [-0.05, 0) is 20.3 Å². The largest absolute Gasteiger partial charge is 0.469 e. The molecule has 3 nitrogen and oxygen atoms in total. The van der Waals surface area contributed by atoms with Gasteiger partial charge in [0.15, 0.2) is 0 Å². The number of aliphatic hydroxyl groups is 1. The fourth-order valence-electron chi connectivity index (χ4n) is 1.18. The summed E-state index contributed by atoms with van der Waals surface area (Å²) in [5.74, 6) is -0.801. The Morgan fingerprint density at radius 3 is 2.54 bits per heavy atom. The number of methoxy groups -OCH3 is 1. The molecule has 3 heteroatoms. The van der Waals surface area contributed by atoms with E-state index in [-0.39, 0.29) is 5.97 Å². The summed E-state index contributed by atoms with van der Waals surface area (Å²) in [6, 6.07) is 0. The lowest BCUT2D eigenvalue weighted by Gasteiger charge is -2.28. The van der Waals surface area contributed by atoms with Crippen molar-refractivity contribution in [3.63, 3.8) is 0 Å². The Hall–Kier alpha value is -0.570. The first-order valence-electron chi connectivity index (χ1n) is 4.76. The molecule has 0 aromatic heterocycles. The summed E-state index contributed by atoms with van der Waals surface area (Å²) in [6.45, 7) is 5.44. The Balaban J connectivity index is 4.17. The monoisotopic (exact) mass is 188 g/mol. The normalized spacial score (nSPS) is 17.6. The van der Waals surface area contributed by atoms with Crippen molar-refractivity contribution >= 4 is 5.97 Å². The van der Waals surface area contributed by atoms with Crippen molar-refractivity contribution in [2.45, 2.75) is 45.6 Å². The summed E-state index contributed by atoms with van der Waals surface area (Å²) >= 11 is 0. The first-order chi connectivity index (χ1) is 5.95. The average molecular weight is 188 g/mol. The van der Waals surface area contributed by atoms with Crippen LogP contribution in [-0.4, -0.2) is 23.8 Å². The summed E-state index contributed by atoms with van der Waals surface area (Å²) < 4.78 is 4.58. The summed E-state index contributed by atoms with van der Waals surface area (Å²) in [7, 11) is 1.34. The second-order valence-electron chi connectivity index (χ2n) is 3.71. The van der Waals surface area contributed by atoms with E-state index < -0.39 is 11.5 Å². The second kappa shape index (κ2) is 5.22. The molecule has 1 N–H and O–H groups in total. The molecular weight excluding hydrogens is 168 g/mol. The van der Waals surface area contributed by atoms with Gasteiger partial charge in [0, 0.05) is 0 Å². The van der Waals surface area contributed by atoms with Crippen molar-refractivity contribution in [1.29, 1.82) is 0 Å². The van der Waals surface area contributed by atoms with Gasteiger partial charge in [0.2, 0.25) is 0 Å². The smallest absolute Gasteiger partial charge is 0.311 e. The maximum atomic E-state index is 11.1. The van der Waals surface area contributed by atoms with Crippen LogP contribution in [0.5, 0.6) is 0 Å². The number of unbranched alkanes of at least 4 members (excludes halogenated alkanes) is 1. The van der Waals surface area contributed by atoms with Crippen molar-refractivity contribution in [3.05, 3.63) is 0 Å². The van der Waals surface area contributed by atoms with Crippen LogP contribution in [0.25, 0.3) is 0 Å². The highest BCUT2D eigenvalue weighted by Gasteiger charge is 2.33. The van der Waals surface area contributed by atoms with Crippen LogP contribution >= 0.6 is 0 Å². The van der Waals surface area contributed by atoms with E-state index in [1.807, 2.05) is 0 Å². The van der Waals surface area contributed by atoms with Crippen LogP contribution < -0.4 is 0 Å². The first-order valence-corrected chi connectivity index (χ1v) is 4.76. The predicted octanol–water partition coefficient (Wildman–Crippen LogP) is 1.74. The maximum Gasteiger partial charge on any atom is 0.311 e. The van der Waals surface area contributed by atoms with Crippen molar-refractivity contribution < 1.29 is 14.6 Å². The molecule has 0 fully saturated rings. The molecule has 0 saturated heterocycles. The van der Waals surface area contributed by atoms with Crippen molar-refractivity contribution in [1.82, 2.24) is 0 Å². The third-order valence-electron chi connectivity index (χ3n) is 2.52. The quantitative estimate of drug-likeness (QED) is 0.668. The molecule has 0 radical (unpaired) electrons. The molecule has 13 heavy (non-hydrogen) atoms. The minimum absolute atomic E-state index is 0.346. The molecule has 0 saturated carbocycles. The molecule has 0 bridgehead atoms. The summed E-state index contributed by atoms with van der Waals surface area (Å²) in [5.41, 5.74) is -0.941. The molecule has 0 aliphatic heterocycles. The lowest BCUT2D eigenvalue weighted by Crippen LogP contribution is -2.38. The van der Waals surface area contributed by atoms with Crippen LogP contribution in [0.1, 0.15) is 40.0 Å². The van der Waals surface area contributed by atoms with Crippen LogP contribution in [0.3, 0.4) is 0 Å². The molecule has 0 amide bonds. The summed E-state index contributed by atoms with van der Waals surface area (Å²) in [5, 5.41) is 9.91. The lowest BCUT2D eigenvalue weighted by molar-refractivity contribution is -0.153. The van der Waals surface area contributed by atoms with Crippen LogP contribution in [0, 0.1) is 5.92 Å². The Kier molecular flexibility index (Phi) is 4.99. The van der Waals surface area contributed by atoms with Gasteiger partial charge in [-0.2, -0.15) is 0 Å². The lowest BCUT2D eigenvalue weighted by atomic mass is 9.86. The van der Waals surface area contributed by atoms with E-state index in [0.29, 0.717) is 6.42 Å². The van der Waals surface area contributed by atoms with Crippen molar-refractivity contribution in [3.8, 4) is 0 Å². The summed E-state index contributed by atoms with van der Waals surface area (Å²) in [4.78, 5) is 11.1. The van der Waals surface area contributed by atoms with Gasteiger partial charge in [-0.3, -0.25) is 4.79 Å². The molecule has 78 valence electrons. The Bertz CT molecular complexity index is 164. The molecule has 0 heterocycles. The number of rotatable bonds is 5. The molecule has 0 spiro atoms. The average Bonchev–Trinajstić information content (AvgIpc) is 2.12. The van der Waals surface area contributed by atoms with Gasteiger partial charge in [-0.15, -0.1) is 0 Å². The van der Waals surface area contributed by atoms with Crippen LogP contribution in [0.2, 0.25) is 0 Å². The van der Waals surface area contributed by atoms with Crippen LogP contribution in [0.4, 0.5) is 0 Å². The Morgan fingerprint density at radius 2 is 2.15 bits per heavy atom.